The standard InChI is InChI=1S/C13H23ClO2/c1-4-15-13-8-6-5-7-11(9-12(13)14)16-10(2)3/h9-10,12-13H,4-8H2,1-3H3/b11-9+. The van der Waals surface area contributed by atoms with Gasteiger partial charge in [0.05, 0.1) is 23.3 Å². The Hall–Kier alpha value is -0.210. The van der Waals surface area contributed by atoms with Crippen LogP contribution in [0.25, 0.3) is 0 Å². The van der Waals surface area contributed by atoms with Crippen LogP contribution >= 0.6 is 11.6 Å². The first-order valence-corrected chi connectivity index (χ1v) is 6.70. The lowest BCUT2D eigenvalue weighted by Crippen LogP contribution is -2.25. The summed E-state index contributed by atoms with van der Waals surface area (Å²) >= 11 is 6.34. The fraction of sp³-hybridized carbons (Fsp3) is 0.846. The molecule has 16 heavy (non-hydrogen) atoms. The maximum atomic E-state index is 6.34. The summed E-state index contributed by atoms with van der Waals surface area (Å²) in [4.78, 5) is 0. The Morgan fingerprint density at radius 3 is 2.81 bits per heavy atom. The first-order chi connectivity index (χ1) is 7.63. The van der Waals surface area contributed by atoms with Crippen LogP contribution in [0.2, 0.25) is 0 Å². The van der Waals surface area contributed by atoms with Gasteiger partial charge in [-0.1, -0.05) is 6.42 Å². The number of allylic oxidation sites excluding steroid dienone is 1. The molecule has 94 valence electrons. The van der Waals surface area contributed by atoms with Gasteiger partial charge in [-0.2, -0.15) is 0 Å². The number of rotatable bonds is 4. The summed E-state index contributed by atoms with van der Waals surface area (Å²) in [5.74, 6) is 1.03. The predicted molar refractivity (Wildman–Crippen MR) is 67.8 cm³/mol. The molecule has 0 fully saturated rings. The number of halogens is 1. The minimum atomic E-state index is -0.0611. The van der Waals surface area contributed by atoms with E-state index < -0.39 is 0 Å². The summed E-state index contributed by atoms with van der Waals surface area (Å²) in [6, 6.07) is 0. The van der Waals surface area contributed by atoms with Crippen molar-refractivity contribution < 1.29 is 9.47 Å². The maximum absolute atomic E-state index is 6.34. The minimum Gasteiger partial charge on any atom is -0.496 e. The van der Waals surface area contributed by atoms with Gasteiger partial charge >= 0.3 is 0 Å². The van der Waals surface area contributed by atoms with Gasteiger partial charge in [-0.05, 0) is 39.7 Å². The molecule has 1 aliphatic carbocycles. The molecule has 0 aromatic rings. The molecule has 0 saturated heterocycles. The maximum Gasteiger partial charge on any atom is 0.0939 e. The van der Waals surface area contributed by atoms with E-state index in [9.17, 15) is 0 Å². The molecule has 0 aromatic carbocycles. The number of hydrogen-bond donors (Lipinski definition) is 0. The molecule has 0 bridgehead atoms. The van der Waals surface area contributed by atoms with Gasteiger partial charge in [-0.25, -0.2) is 0 Å². The van der Waals surface area contributed by atoms with Crippen molar-refractivity contribution in [3.05, 3.63) is 11.8 Å². The third-order valence-corrected chi connectivity index (χ3v) is 3.04. The Labute approximate surface area is 104 Å². The van der Waals surface area contributed by atoms with E-state index in [4.69, 9.17) is 21.1 Å². The van der Waals surface area contributed by atoms with E-state index in [1.807, 2.05) is 26.8 Å². The molecule has 2 atom stereocenters. The van der Waals surface area contributed by atoms with Crippen molar-refractivity contribution in [2.75, 3.05) is 6.61 Å². The topological polar surface area (TPSA) is 18.5 Å². The highest BCUT2D eigenvalue weighted by Gasteiger charge is 2.21. The van der Waals surface area contributed by atoms with Crippen LogP contribution in [0.4, 0.5) is 0 Å². The van der Waals surface area contributed by atoms with Crippen molar-refractivity contribution in [2.24, 2.45) is 0 Å². The van der Waals surface area contributed by atoms with Gasteiger partial charge in [0.2, 0.25) is 0 Å². The fourth-order valence-electron chi connectivity index (χ4n) is 1.96. The van der Waals surface area contributed by atoms with Crippen molar-refractivity contribution in [1.29, 1.82) is 0 Å². The lowest BCUT2D eigenvalue weighted by atomic mass is 10.0. The molecule has 3 heteroatoms. The van der Waals surface area contributed by atoms with Crippen molar-refractivity contribution in [1.82, 2.24) is 0 Å². The van der Waals surface area contributed by atoms with Crippen LogP contribution in [-0.4, -0.2) is 24.2 Å². The molecule has 0 aromatic heterocycles. The van der Waals surface area contributed by atoms with Crippen LogP contribution in [0.5, 0.6) is 0 Å². The highest BCUT2D eigenvalue weighted by Crippen LogP contribution is 2.24. The molecule has 1 aliphatic rings. The van der Waals surface area contributed by atoms with Gasteiger partial charge in [0, 0.05) is 13.0 Å². The van der Waals surface area contributed by atoms with Crippen LogP contribution in [-0.2, 0) is 9.47 Å². The largest absolute Gasteiger partial charge is 0.496 e. The smallest absolute Gasteiger partial charge is 0.0939 e. The Balaban J connectivity index is 2.63. The average Bonchev–Trinajstić information content (AvgIpc) is 2.19. The van der Waals surface area contributed by atoms with Crippen molar-refractivity contribution in [3.63, 3.8) is 0 Å². The first kappa shape index (κ1) is 13.9. The van der Waals surface area contributed by atoms with E-state index >= 15 is 0 Å². The highest BCUT2D eigenvalue weighted by atomic mass is 35.5. The Kier molecular flexibility index (Phi) is 6.22. The van der Waals surface area contributed by atoms with Gasteiger partial charge in [0.15, 0.2) is 0 Å². The molecule has 0 heterocycles. The van der Waals surface area contributed by atoms with Gasteiger partial charge in [0.25, 0.3) is 0 Å². The average molecular weight is 247 g/mol. The van der Waals surface area contributed by atoms with Crippen LogP contribution in [0.1, 0.15) is 46.5 Å². The second-order valence-corrected chi connectivity index (χ2v) is 4.99. The summed E-state index contributed by atoms with van der Waals surface area (Å²) in [5, 5.41) is -0.0611. The van der Waals surface area contributed by atoms with Gasteiger partial charge in [0.1, 0.15) is 0 Å². The zero-order chi connectivity index (χ0) is 12.0. The second kappa shape index (κ2) is 7.18. The summed E-state index contributed by atoms with van der Waals surface area (Å²) in [6.07, 6.45) is 6.76. The summed E-state index contributed by atoms with van der Waals surface area (Å²) < 4.78 is 11.4. The third kappa shape index (κ3) is 4.75. The van der Waals surface area contributed by atoms with E-state index in [-0.39, 0.29) is 17.6 Å². The van der Waals surface area contributed by atoms with Gasteiger partial charge in [-0.3, -0.25) is 0 Å². The molecule has 0 radical (unpaired) electrons. The minimum absolute atomic E-state index is 0.0611. The zero-order valence-corrected chi connectivity index (χ0v) is 11.3. The van der Waals surface area contributed by atoms with Crippen LogP contribution in [0.3, 0.4) is 0 Å². The van der Waals surface area contributed by atoms with E-state index in [1.54, 1.807) is 0 Å². The van der Waals surface area contributed by atoms with Crippen molar-refractivity contribution >= 4 is 11.6 Å². The lowest BCUT2D eigenvalue weighted by molar-refractivity contribution is 0.0548. The molecule has 1 rings (SSSR count). The quantitative estimate of drug-likeness (QED) is 0.701. The molecule has 2 unspecified atom stereocenters. The van der Waals surface area contributed by atoms with Gasteiger partial charge in [-0.15, -0.1) is 11.6 Å². The zero-order valence-electron chi connectivity index (χ0n) is 10.5. The van der Waals surface area contributed by atoms with E-state index in [0.29, 0.717) is 0 Å². The molecule has 0 amide bonds. The van der Waals surface area contributed by atoms with Crippen LogP contribution < -0.4 is 0 Å². The van der Waals surface area contributed by atoms with Crippen LogP contribution in [0, 0.1) is 0 Å². The monoisotopic (exact) mass is 246 g/mol. The molecule has 2 nitrogen and oxygen atoms in total. The fourth-order valence-corrected chi connectivity index (χ4v) is 2.30. The van der Waals surface area contributed by atoms with Crippen molar-refractivity contribution in [3.8, 4) is 0 Å². The Morgan fingerprint density at radius 2 is 2.19 bits per heavy atom. The summed E-state index contributed by atoms with van der Waals surface area (Å²) in [7, 11) is 0. The number of hydrogen-bond acceptors (Lipinski definition) is 2. The summed E-state index contributed by atoms with van der Waals surface area (Å²) in [6.45, 7) is 6.82. The molecule has 0 N–H and O–H groups in total. The second-order valence-electron chi connectivity index (χ2n) is 4.48. The molecule has 0 spiro atoms. The SMILES string of the molecule is CCOC1CCCC/C(OC(C)C)=C\C1Cl. The van der Waals surface area contributed by atoms with E-state index in [1.165, 1.54) is 0 Å². The van der Waals surface area contributed by atoms with Crippen LogP contribution in [0.15, 0.2) is 11.8 Å². The molecule has 0 saturated carbocycles. The first-order valence-electron chi connectivity index (χ1n) is 6.26. The lowest BCUT2D eigenvalue weighted by Gasteiger charge is -2.24. The van der Waals surface area contributed by atoms with E-state index in [2.05, 4.69) is 0 Å². The Bertz CT molecular complexity index is 226. The highest BCUT2D eigenvalue weighted by molar-refractivity contribution is 6.22. The van der Waals surface area contributed by atoms with Crippen molar-refractivity contribution in [2.45, 2.75) is 64.0 Å². The van der Waals surface area contributed by atoms with E-state index in [0.717, 1.165) is 38.0 Å². The number of ether oxygens (including phenoxy) is 2. The Morgan fingerprint density at radius 1 is 1.44 bits per heavy atom. The third-order valence-electron chi connectivity index (χ3n) is 2.63. The summed E-state index contributed by atoms with van der Waals surface area (Å²) in [5.41, 5.74) is 0. The molecular formula is C13H23ClO2. The molecule has 0 aliphatic heterocycles. The number of alkyl halides is 1. The van der Waals surface area contributed by atoms with Gasteiger partial charge < -0.3 is 9.47 Å². The normalized spacial score (nSPS) is 30.4. The molecular weight excluding hydrogens is 224 g/mol. The predicted octanol–water partition coefficient (Wildman–Crippen LogP) is 3.88.